The van der Waals surface area contributed by atoms with Gasteiger partial charge in [-0.2, -0.15) is 0 Å². The predicted octanol–water partition coefficient (Wildman–Crippen LogP) is 4.98. The van der Waals surface area contributed by atoms with Crippen LogP contribution in [0.3, 0.4) is 0 Å². The van der Waals surface area contributed by atoms with E-state index in [4.69, 9.17) is 16.8 Å². The molecule has 196 valence electrons. The zero-order valence-electron chi connectivity index (χ0n) is 20.4. The number of aromatic nitrogens is 3. The van der Waals surface area contributed by atoms with Crippen molar-refractivity contribution < 1.29 is 19.6 Å². The number of amides is 3. The average Bonchev–Trinajstić information content (AvgIpc) is 3.31. The van der Waals surface area contributed by atoms with Gasteiger partial charge in [-0.25, -0.2) is 20.4 Å². The number of para-hydroxylation sites is 1. The van der Waals surface area contributed by atoms with Gasteiger partial charge >= 0.3 is 0 Å². The first kappa shape index (κ1) is 28.0. The number of benzene rings is 1. The molecule has 0 unspecified atom stereocenters. The smallest absolute Gasteiger partial charge is 0.267 e. The molecule has 0 aliphatic carbocycles. The lowest BCUT2D eigenvalue weighted by atomic mass is 10.1. The molecule has 5 N–H and O–H groups in total. The molecule has 3 amide bonds. The number of aryl methyl sites for hydroxylation is 2. The number of carbonyl (C=O) groups excluding carboxylic acids is 3. The van der Waals surface area contributed by atoms with Crippen molar-refractivity contribution in [1.82, 2.24) is 20.4 Å². The van der Waals surface area contributed by atoms with Crippen LogP contribution in [0.5, 0.6) is 0 Å². The summed E-state index contributed by atoms with van der Waals surface area (Å²) in [4.78, 5) is 49.2. The fourth-order valence-corrected chi connectivity index (χ4v) is 4.38. The van der Waals surface area contributed by atoms with Gasteiger partial charge in [0.2, 0.25) is 11.8 Å². The lowest BCUT2D eigenvalue weighted by molar-refractivity contribution is -0.129. The molecule has 1 aromatic carbocycles. The first-order chi connectivity index (χ1) is 17.7. The molecule has 0 bridgehead atoms. The minimum absolute atomic E-state index is 0.180. The number of halogens is 1. The van der Waals surface area contributed by atoms with Gasteiger partial charge in [-0.1, -0.05) is 47.9 Å². The summed E-state index contributed by atoms with van der Waals surface area (Å²) in [6.45, 7) is 3.56. The summed E-state index contributed by atoms with van der Waals surface area (Å²) in [7, 11) is 0. The van der Waals surface area contributed by atoms with Gasteiger partial charge in [0.15, 0.2) is 5.13 Å². The first-order valence-electron chi connectivity index (χ1n) is 11.6. The van der Waals surface area contributed by atoms with Gasteiger partial charge in [-0.15, -0.1) is 0 Å². The second kappa shape index (κ2) is 13.6. The Labute approximate surface area is 223 Å². The molecular weight excluding hydrogens is 518 g/mol. The molecule has 0 atom stereocenters. The van der Waals surface area contributed by atoms with E-state index in [1.54, 1.807) is 24.5 Å². The number of carbonyl (C=O) groups is 3. The topological polar surface area (TPSA) is 158 Å². The summed E-state index contributed by atoms with van der Waals surface area (Å²) in [5, 5.41) is 18.0. The van der Waals surface area contributed by atoms with Crippen LogP contribution >= 0.6 is 22.9 Å². The highest BCUT2D eigenvalue weighted by molar-refractivity contribution is 7.17. The van der Waals surface area contributed by atoms with Crippen molar-refractivity contribution in [2.45, 2.75) is 52.4 Å². The van der Waals surface area contributed by atoms with Gasteiger partial charge < -0.3 is 16.0 Å². The van der Waals surface area contributed by atoms with E-state index in [9.17, 15) is 14.4 Å². The van der Waals surface area contributed by atoms with Gasteiger partial charge in [0, 0.05) is 18.9 Å². The maximum atomic E-state index is 12.7. The van der Waals surface area contributed by atoms with Crippen LogP contribution in [0, 0.1) is 13.8 Å². The van der Waals surface area contributed by atoms with Gasteiger partial charge in [-0.3, -0.25) is 19.6 Å². The Bertz CT molecular complexity index is 1250. The van der Waals surface area contributed by atoms with Crippen molar-refractivity contribution in [2.24, 2.45) is 0 Å². The molecular formula is C24H28ClN7O4S. The quantitative estimate of drug-likeness (QED) is 0.121. The molecule has 3 aromatic rings. The van der Waals surface area contributed by atoms with Crippen LogP contribution in [0.15, 0.2) is 30.5 Å². The lowest BCUT2D eigenvalue weighted by Crippen LogP contribution is -2.17. The van der Waals surface area contributed by atoms with Crippen molar-refractivity contribution in [2.75, 3.05) is 16.0 Å². The molecule has 0 aliphatic heterocycles. The van der Waals surface area contributed by atoms with E-state index in [0.29, 0.717) is 57.4 Å². The Morgan fingerprint density at radius 2 is 1.68 bits per heavy atom. The Kier molecular flexibility index (Phi) is 10.3. The molecule has 0 radical (unpaired) electrons. The van der Waals surface area contributed by atoms with Crippen molar-refractivity contribution in [1.29, 1.82) is 0 Å². The van der Waals surface area contributed by atoms with Gasteiger partial charge in [0.05, 0.1) is 16.9 Å². The second-order valence-corrected chi connectivity index (χ2v) is 9.66. The number of rotatable bonds is 12. The summed E-state index contributed by atoms with van der Waals surface area (Å²) < 4.78 is 0. The summed E-state index contributed by atoms with van der Waals surface area (Å²) in [5.41, 5.74) is 3.00. The van der Waals surface area contributed by atoms with E-state index < -0.39 is 5.91 Å². The van der Waals surface area contributed by atoms with Gasteiger partial charge in [-0.05, 0) is 38.3 Å². The maximum absolute atomic E-state index is 12.7. The Balaban J connectivity index is 1.52. The Morgan fingerprint density at radius 3 is 2.38 bits per heavy atom. The normalized spacial score (nSPS) is 10.6. The molecule has 0 saturated carbocycles. The maximum Gasteiger partial charge on any atom is 0.267 e. The number of hydrogen-bond donors (Lipinski definition) is 5. The summed E-state index contributed by atoms with van der Waals surface area (Å²) >= 11 is 7.35. The predicted molar refractivity (Wildman–Crippen MR) is 143 cm³/mol. The average molecular weight is 546 g/mol. The summed E-state index contributed by atoms with van der Waals surface area (Å²) in [6.07, 6.45) is 4.92. The molecule has 13 heteroatoms. The number of unbranched alkanes of at least 4 members (excludes halogenated alkanes) is 3. The molecule has 3 rings (SSSR count). The Morgan fingerprint density at radius 1 is 0.973 bits per heavy atom. The van der Waals surface area contributed by atoms with Crippen LogP contribution in [-0.2, 0) is 9.59 Å². The monoisotopic (exact) mass is 545 g/mol. The molecule has 2 aromatic heterocycles. The third-order valence-corrected chi connectivity index (χ3v) is 6.44. The van der Waals surface area contributed by atoms with E-state index in [1.807, 2.05) is 19.1 Å². The van der Waals surface area contributed by atoms with E-state index in [-0.39, 0.29) is 18.2 Å². The SMILES string of the molecule is Cc1nc(NC(=O)CCCCCCC(=O)NO)cc(Nc2ncc(C(=O)Nc3c(C)cccc3Cl)s2)n1. The highest BCUT2D eigenvalue weighted by Gasteiger charge is 2.15. The van der Waals surface area contributed by atoms with Gasteiger partial charge in [0.1, 0.15) is 22.3 Å². The fourth-order valence-electron chi connectivity index (χ4n) is 3.39. The minimum atomic E-state index is -0.411. The standard InChI is InChI=1S/C24H28ClN7O4S/c1-14-8-7-9-16(25)22(14)31-23(35)17-13-26-24(37-17)30-19-12-18(27-15(2)28-19)29-20(33)10-5-3-4-6-11-21(34)32-36/h7-9,12-13,36H,3-6,10-11H2,1-2H3,(H,31,35)(H,32,34)(H2,26,27,28,29,30,33). The number of hydroxylamine groups is 1. The van der Waals surface area contributed by atoms with E-state index >= 15 is 0 Å². The zero-order chi connectivity index (χ0) is 26.8. The lowest BCUT2D eigenvalue weighted by Gasteiger charge is -2.09. The molecule has 37 heavy (non-hydrogen) atoms. The number of thiazole rings is 1. The third kappa shape index (κ3) is 8.77. The second-order valence-electron chi connectivity index (χ2n) is 8.22. The highest BCUT2D eigenvalue weighted by Crippen LogP contribution is 2.28. The van der Waals surface area contributed by atoms with Crippen LogP contribution < -0.4 is 21.4 Å². The number of hydrogen-bond acceptors (Lipinski definition) is 9. The Hall–Kier alpha value is -3.61. The van der Waals surface area contributed by atoms with Crippen LogP contribution in [0.1, 0.15) is 59.6 Å². The molecule has 0 fully saturated rings. The van der Waals surface area contributed by atoms with E-state index in [1.165, 1.54) is 6.20 Å². The van der Waals surface area contributed by atoms with Gasteiger partial charge in [0.25, 0.3) is 5.91 Å². The summed E-state index contributed by atoms with van der Waals surface area (Å²) in [6, 6.07) is 6.97. The number of anilines is 4. The summed E-state index contributed by atoms with van der Waals surface area (Å²) in [5.74, 6) is 0.305. The molecule has 0 spiro atoms. The zero-order valence-corrected chi connectivity index (χ0v) is 22.0. The minimum Gasteiger partial charge on any atom is -0.320 e. The molecule has 0 aliphatic rings. The van der Waals surface area contributed by atoms with Crippen LogP contribution in [0.25, 0.3) is 0 Å². The molecule has 2 heterocycles. The molecule has 11 nitrogen and oxygen atoms in total. The fraction of sp³-hybridized carbons (Fsp3) is 0.333. The number of nitrogens with one attached hydrogen (secondary N) is 4. The number of nitrogens with zero attached hydrogens (tertiary/aromatic N) is 3. The molecule has 0 saturated heterocycles. The van der Waals surface area contributed by atoms with Crippen molar-refractivity contribution in [3.63, 3.8) is 0 Å². The van der Waals surface area contributed by atoms with Crippen LogP contribution in [0.2, 0.25) is 5.02 Å². The first-order valence-corrected chi connectivity index (χ1v) is 12.8. The largest absolute Gasteiger partial charge is 0.320 e. The van der Waals surface area contributed by atoms with Crippen LogP contribution in [-0.4, -0.2) is 37.9 Å². The highest BCUT2D eigenvalue weighted by atomic mass is 35.5. The van der Waals surface area contributed by atoms with Crippen molar-refractivity contribution >= 4 is 63.1 Å². The third-order valence-electron chi connectivity index (χ3n) is 5.21. The van der Waals surface area contributed by atoms with E-state index in [0.717, 1.165) is 29.7 Å². The van der Waals surface area contributed by atoms with Crippen LogP contribution in [0.4, 0.5) is 22.5 Å². The van der Waals surface area contributed by atoms with E-state index in [2.05, 4.69) is 30.9 Å². The van der Waals surface area contributed by atoms with Crippen molar-refractivity contribution in [3.8, 4) is 0 Å². The van der Waals surface area contributed by atoms with Crippen molar-refractivity contribution in [3.05, 3.63) is 51.7 Å².